The van der Waals surface area contributed by atoms with Crippen molar-refractivity contribution in [1.29, 1.82) is 0 Å². The van der Waals surface area contributed by atoms with Crippen LogP contribution in [0.4, 0.5) is 10.2 Å². The molecule has 2 N–H and O–H groups in total. The largest absolute Gasteiger partial charge is 0.382 e. The van der Waals surface area contributed by atoms with E-state index in [9.17, 15) is 4.39 Å². The van der Waals surface area contributed by atoms with Crippen LogP contribution in [0.2, 0.25) is 0 Å². The molecule has 0 spiro atoms. The van der Waals surface area contributed by atoms with Crippen molar-refractivity contribution in [3.8, 4) is 16.9 Å². The Bertz CT molecular complexity index is 829. The van der Waals surface area contributed by atoms with Crippen molar-refractivity contribution < 1.29 is 4.39 Å². The van der Waals surface area contributed by atoms with Crippen LogP contribution in [0, 0.1) is 26.6 Å². The van der Waals surface area contributed by atoms with Gasteiger partial charge in [0.25, 0.3) is 0 Å². The van der Waals surface area contributed by atoms with Gasteiger partial charge >= 0.3 is 0 Å². The Morgan fingerprint density at radius 1 is 1.05 bits per heavy atom. The van der Waals surface area contributed by atoms with Gasteiger partial charge in [0.2, 0.25) is 0 Å². The van der Waals surface area contributed by atoms with Crippen molar-refractivity contribution in [3.63, 3.8) is 0 Å². The monoisotopic (exact) mass is 296 g/mol. The van der Waals surface area contributed by atoms with E-state index in [0.29, 0.717) is 17.2 Å². The molecule has 112 valence electrons. The molecule has 0 saturated carbocycles. The SMILES string of the molecule is Cc1cc(C)c(-c2nnn(-c3ccccc3F)c2N)c(C)c1. The van der Waals surface area contributed by atoms with Gasteiger partial charge in [-0.1, -0.05) is 35.0 Å². The van der Waals surface area contributed by atoms with Crippen LogP contribution < -0.4 is 5.73 Å². The molecular weight excluding hydrogens is 279 g/mol. The Kier molecular flexibility index (Phi) is 3.41. The van der Waals surface area contributed by atoms with Gasteiger partial charge in [-0.15, -0.1) is 5.10 Å². The third kappa shape index (κ3) is 2.24. The van der Waals surface area contributed by atoms with E-state index in [1.165, 1.54) is 16.3 Å². The topological polar surface area (TPSA) is 56.7 Å². The summed E-state index contributed by atoms with van der Waals surface area (Å²) in [6.07, 6.45) is 0. The summed E-state index contributed by atoms with van der Waals surface area (Å²) in [4.78, 5) is 0. The summed E-state index contributed by atoms with van der Waals surface area (Å²) in [7, 11) is 0. The molecule has 3 rings (SSSR count). The number of aryl methyl sites for hydroxylation is 3. The molecule has 2 aromatic carbocycles. The fourth-order valence-electron chi connectivity index (χ4n) is 2.82. The number of rotatable bonds is 2. The smallest absolute Gasteiger partial charge is 0.156 e. The van der Waals surface area contributed by atoms with E-state index in [0.717, 1.165) is 16.7 Å². The number of nitrogen functional groups attached to an aromatic ring is 1. The van der Waals surface area contributed by atoms with E-state index in [1.807, 2.05) is 20.8 Å². The molecule has 0 aliphatic heterocycles. The average Bonchev–Trinajstić information content (AvgIpc) is 2.80. The van der Waals surface area contributed by atoms with Gasteiger partial charge in [-0.05, 0) is 44.0 Å². The van der Waals surface area contributed by atoms with E-state index >= 15 is 0 Å². The number of para-hydroxylation sites is 1. The zero-order valence-electron chi connectivity index (χ0n) is 12.8. The number of anilines is 1. The number of hydrogen-bond acceptors (Lipinski definition) is 3. The minimum Gasteiger partial charge on any atom is -0.382 e. The van der Waals surface area contributed by atoms with Crippen molar-refractivity contribution in [1.82, 2.24) is 15.0 Å². The highest BCUT2D eigenvalue weighted by molar-refractivity contribution is 5.76. The van der Waals surface area contributed by atoms with Crippen LogP contribution in [-0.2, 0) is 0 Å². The first-order chi connectivity index (χ1) is 10.5. The normalized spacial score (nSPS) is 10.9. The van der Waals surface area contributed by atoms with Gasteiger partial charge < -0.3 is 5.73 Å². The lowest BCUT2D eigenvalue weighted by atomic mass is 9.97. The fraction of sp³-hybridized carbons (Fsp3) is 0.176. The van der Waals surface area contributed by atoms with E-state index in [1.54, 1.807) is 18.2 Å². The first-order valence-electron chi connectivity index (χ1n) is 7.03. The molecule has 0 unspecified atom stereocenters. The summed E-state index contributed by atoms with van der Waals surface area (Å²) in [5.41, 5.74) is 11.3. The summed E-state index contributed by atoms with van der Waals surface area (Å²) in [6, 6.07) is 10.5. The Morgan fingerprint density at radius 3 is 2.32 bits per heavy atom. The van der Waals surface area contributed by atoms with Gasteiger partial charge in [-0.3, -0.25) is 0 Å². The highest BCUT2D eigenvalue weighted by atomic mass is 19.1. The maximum atomic E-state index is 13.9. The Balaban J connectivity index is 2.19. The summed E-state index contributed by atoms with van der Waals surface area (Å²) >= 11 is 0. The molecule has 0 aliphatic rings. The number of aromatic nitrogens is 3. The third-order valence-electron chi connectivity index (χ3n) is 3.70. The summed E-state index contributed by atoms with van der Waals surface area (Å²) in [5, 5.41) is 8.21. The predicted molar refractivity (Wildman–Crippen MR) is 85.4 cm³/mol. The number of nitrogens with zero attached hydrogens (tertiary/aromatic N) is 3. The maximum Gasteiger partial charge on any atom is 0.156 e. The number of hydrogen-bond donors (Lipinski definition) is 1. The second kappa shape index (κ2) is 5.26. The van der Waals surface area contributed by atoms with Crippen LogP contribution in [0.1, 0.15) is 16.7 Å². The summed E-state index contributed by atoms with van der Waals surface area (Å²) in [5.74, 6) is -0.0526. The second-order valence-electron chi connectivity index (χ2n) is 5.46. The van der Waals surface area contributed by atoms with Crippen LogP contribution >= 0.6 is 0 Å². The van der Waals surface area contributed by atoms with Crippen molar-refractivity contribution in [2.75, 3.05) is 5.73 Å². The van der Waals surface area contributed by atoms with Gasteiger partial charge in [-0.25, -0.2) is 4.39 Å². The van der Waals surface area contributed by atoms with Gasteiger partial charge in [0.1, 0.15) is 17.2 Å². The summed E-state index contributed by atoms with van der Waals surface area (Å²) in [6.45, 7) is 6.07. The average molecular weight is 296 g/mol. The van der Waals surface area contributed by atoms with Crippen molar-refractivity contribution >= 4 is 5.82 Å². The second-order valence-corrected chi connectivity index (χ2v) is 5.46. The third-order valence-corrected chi connectivity index (χ3v) is 3.70. The fourth-order valence-corrected chi connectivity index (χ4v) is 2.82. The number of halogens is 1. The molecule has 0 aliphatic carbocycles. The van der Waals surface area contributed by atoms with E-state index < -0.39 is 0 Å². The predicted octanol–water partition coefficient (Wildman–Crippen LogP) is 3.58. The molecule has 1 aromatic heterocycles. The van der Waals surface area contributed by atoms with Crippen molar-refractivity contribution in [2.45, 2.75) is 20.8 Å². The van der Waals surface area contributed by atoms with Crippen molar-refractivity contribution in [2.24, 2.45) is 0 Å². The van der Waals surface area contributed by atoms with Gasteiger partial charge in [-0.2, -0.15) is 4.68 Å². The van der Waals surface area contributed by atoms with Crippen LogP contribution in [-0.4, -0.2) is 15.0 Å². The zero-order chi connectivity index (χ0) is 15.9. The first kappa shape index (κ1) is 14.3. The highest BCUT2D eigenvalue weighted by Gasteiger charge is 2.18. The molecule has 0 atom stereocenters. The summed E-state index contributed by atoms with van der Waals surface area (Å²) < 4.78 is 15.3. The molecule has 5 heteroatoms. The molecule has 1 heterocycles. The van der Waals surface area contributed by atoms with E-state index in [2.05, 4.69) is 22.4 Å². The van der Waals surface area contributed by atoms with Crippen LogP contribution in [0.3, 0.4) is 0 Å². The number of nitrogens with two attached hydrogens (primary N) is 1. The lowest BCUT2D eigenvalue weighted by Gasteiger charge is -2.10. The molecule has 0 saturated heterocycles. The van der Waals surface area contributed by atoms with Gasteiger partial charge in [0, 0.05) is 5.56 Å². The quantitative estimate of drug-likeness (QED) is 0.786. The van der Waals surface area contributed by atoms with Crippen LogP contribution in [0.5, 0.6) is 0 Å². The Morgan fingerprint density at radius 2 is 1.68 bits per heavy atom. The number of benzene rings is 2. The molecule has 0 amide bonds. The van der Waals surface area contributed by atoms with Crippen LogP contribution in [0.15, 0.2) is 36.4 Å². The minimum atomic E-state index is -0.386. The molecular formula is C17H17FN4. The molecule has 3 aromatic rings. The molecule has 0 radical (unpaired) electrons. The zero-order valence-corrected chi connectivity index (χ0v) is 12.8. The molecule has 0 bridgehead atoms. The molecule has 4 nitrogen and oxygen atoms in total. The highest BCUT2D eigenvalue weighted by Crippen LogP contribution is 2.31. The van der Waals surface area contributed by atoms with Gasteiger partial charge in [0.05, 0.1) is 0 Å². The van der Waals surface area contributed by atoms with Crippen LogP contribution in [0.25, 0.3) is 16.9 Å². The molecule has 22 heavy (non-hydrogen) atoms. The minimum absolute atomic E-state index is 0.293. The standard InChI is InChI=1S/C17H17FN4/c1-10-8-11(2)15(12(3)9-10)16-17(19)22(21-20-16)14-7-5-4-6-13(14)18/h4-9H,19H2,1-3H3. The Labute approximate surface area is 128 Å². The first-order valence-corrected chi connectivity index (χ1v) is 7.03. The Hall–Kier alpha value is -2.69. The van der Waals surface area contributed by atoms with E-state index in [-0.39, 0.29) is 5.82 Å². The maximum absolute atomic E-state index is 13.9. The van der Waals surface area contributed by atoms with Gasteiger partial charge in [0.15, 0.2) is 5.82 Å². The molecule has 0 fully saturated rings. The van der Waals surface area contributed by atoms with E-state index in [4.69, 9.17) is 5.73 Å². The lowest BCUT2D eigenvalue weighted by Crippen LogP contribution is -2.04. The van der Waals surface area contributed by atoms with Crippen molar-refractivity contribution in [3.05, 3.63) is 58.9 Å². The lowest BCUT2D eigenvalue weighted by molar-refractivity contribution is 0.608.